The van der Waals surface area contributed by atoms with Crippen LogP contribution in [0, 0.1) is 0 Å². The molecule has 0 spiro atoms. The molecule has 92 valence electrons. The minimum atomic E-state index is -4.73. The fraction of sp³-hybridized carbons (Fsp3) is 0.300. The normalized spacial score (nSPS) is 15.9. The lowest BCUT2D eigenvalue weighted by Crippen LogP contribution is -2.27. The molecule has 0 radical (unpaired) electrons. The molecule has 1 fully saturated rings. The zero-order valence-corrected chi connectivity index (χ0v) is 8.62. The number of urea groups is 1. The van der Waals surface area contributed by atoms with Gasteiger partial charge in [0.2, 0.25) is 0 Å². The molecule has 7 heteroatoms. The molecule has 1 aromatic carbocycles. The summed E-state index contributed by atoms with van der Waals surface area (Å²) < 4.78 is 39.8. The number of alkyl halides is 3. The van der Waals surface area contributed by atoms with Crippen LogP contribution in [-0.4, -0.2) is 25.5 Å². The summed E-state index contributed by atoms with van der Waals surface area (Å²) in [6.07, 6.45) is -4.73. The summed E-state index contributed by atoms with van der Waals surface area (Å²) in [4.78, 5) is 12.7. The topological polar surface area (TPSA) is 41.6 Å². The Morgan fingerprint density at radius 2 is 2.12 bits per heavy atom. The standard InChI is InChI=1S/C10H9F3N2O2/c11-10(12,13)17-8-3-1-2-7(6-8)15-5-4-14-9(15)16/h1-3,6H,4-5H2,(H,14,16). The molecule has 0 bridgehead atoms. The molecule has 0 aliphatic carbocycles. The molecule has 1 saturated heterocycles. The lowest BCUT2D eigenvalue weighted by atomic mass is 10.3. The Morgan fingerprint density at radius 1 is 1.35 bits per heavy atom. The van der Waals surface area contributed by atoms with Crippen molar-refractivity contribution < 1.29 is 22.7 Å². The maximum atomic E-state index is 12.0. The van der Waals surface area contributed by atoms with Crippen molar-refractivity contribution in [3.8, 4) is 5.75 Å². The summed E-state index contributed by atoms with van der Waals surface area (Å²) in [5.74, 6) is -0.338. The zero-order chi connectivity index (χ0) is 12.5. The first-order valence-electron chi connectivity index (χ1n) is 4.87. The third-order valence-corrected chi connectivity index (χ3v) is 2.22. The summed E-state index contributed by atoms with van der Waals surface area (Å²) in [5.41, 5.74) is 0.377. The van der Waals surface area contributed by atoms with Gasteiger partial charge >= 0.3 is 12.4 Å². The third-order valence-electron chi connectivity index (χ3n) is 2.22. The molecule has 17 heavy (non-hydrogen) atoms. The van der Waals surface area contributed by atoms with E-state index < -0.39 is 6.36 Å². The number of rotatable bonds is 2. The largest absolute Gasteiger partial charge is 0.573 e. The molecule has 1 aromatic rings. The van der Waals surface area contributed by atoms with Gasteiger partial charge in [0, 0.05) is 24.8 Å². The van der Waals surface area contributed by atoms with E-state index in [1.807, 2.05) is 0 Å². The minimum absolute atomic E-state index is 0.325. The van der Waals surface area contributed by atoms with E-state index in [-0.39, 0.29) is 11.8 Å². The van der Waals surface area contributed by atoms with Gasteiger partial charge in [-0.2, -0.15) is 0 Å². The van der Waals surface area contributed by atoms with Crippen molar-refractivity contribution in [2.45, 2.75) is 6.36 Å². The highest BCUT2D eigenvalue weighted by Gasteiger charge is 2.31. The van der Waals surface area contributed by atoms with Gasteiger partial charge in [-0.1, -0.05) is 6.07 Å². The van der Waals surface area contributed by atoms with Crippen molar-refractivity contribution in [1.29, 1.82) is 0 Å². The van der Waals surface area contributed by atoms with E-state index in [1.165, 1.54) is 23.1 Å². The van der Waals surface area contributed by atoms with Crippen molar-refractivity contribution in [3.63, 3.8) is 0 Å². The van der Waals surface area contributed by atoms with Gasteiger partial charge in [0.15, 0.2) is 0 Å². The molecule has 0 atom stereocenters. The second kappa shape index (κ2) is 4.15. The number of nitrogens with zero attached hydrogens (tertiary/aromatic N) is 1. The Balaban J connectivity index is 2.19. The summed E-state index contributed by atoms with van der Waals surface area (Å²) in [7, 11) is 0. The SMILES string of the molecule is O=C1NCCN1c1cccc(OC(F)(F)F)c1. The maximum absolute atomic E-state index is 12.0. The van der Waals surface area contributed by atoms with Crippen LogP contribution in [0.15, 0.2) is 24.3 Å². The van der Waals surface area contributed by atoms with Crippen molar-refractivity contribution in [3.05, 3.63) is 24.3 Å². The molecule has 2 amide bonds. The summed E-state index contributed by atoms with van der Waals surface area (Å²) in [5, 5.41) is 2.56. The zero-order valence-electron chi connectivity index (χ0n) is 8.62. The number of benzene rings is 1. The van der Waals surface area contributed by atoms with E-state index in [1.54, 1.807) is 6.07 Å². The van der Waals surface area contributed by atoms with E-state index in [2.05, 4.69) is 10.1 Å². The van der Waals surface area contributed by atoms with Crippen LogP contribution in [0.4, 0.5) is 23.7 Å². The van der Waals surface area contributed by atoms with Gasteiger partial charge < -0.3 is 10.1 Å². The predicted octanol–water partition coefficient (Wildman–Crippen LogP) is 2.11. The molecule has 1 heterocycles. The molecule has 4 nitrogen and oxygen atoms in total. The van der Waals surface area contributed by atoms with Crippen LogP contribution in [0.25, 0.3) is 0 Å². The number of halogens is 3. The van der Waals surface area contributed by atoms with E-state index in [0.29, 0.717) is 18.8 Å². The minimum Gasteiger partial charge on any atom is -0.406 e. The van der Waals surface area contributed by atoms with E-state index in [0.717, 1.165) is 0 Å². The van der Waals surface area contributed by atoms with Gasteiger partial charge in [0.05, 0.1) is 0 Å². The van der Waals surface area contributed by atoms with Gasteiger partial charge in [0.1, 0.15) is 5.75 Å². The molecular formula is C10H9F3N2O2. The number of carbonyl (C=O) groups excluding carboxylic acids is 1. The van der Waals surface area contributed by atoms with Crippen LogP contribution >= 0.6 is 0 Å². The van der Waals surface area contributed by atoms with Crippen LogP contribution in [0.1, 0.15) is 0 Å². The van der Waals surface area contributed by atoms with Crippen molar-refractivity contribution in [2.24, 2.45) is 0 Å². The van der Waals surface area contributed by atoms with Gasteiger partial charge in [-0.15, -0.1) is 13.2 Å². The first kappa shape index (κ1) is 11.6. The number of anilines is 1. The van der Waals surface area contributed by atoms with Crippen LogP contribution in [0.2, 0.25) is 0 Å². The fourth-order valence-corrected chi connectivity index (χ4v) is 1.57. The summed E-state index contributed by atoms with van der Waals surface area (Å²) in [6, 6.07) is 4.99. The van der Waals surface area contributed by atoms with Crippen LogP contribution in [0.5, 0.6) is 5.75 Å². The molecule has 2 rings (SSSR count). The monoisotopic (exact) mass is 246 g/mol. The lowest BCUT2D eigenvalue weighted by molar-refractivity contribution is -0.274. The number of nitrogens with one attached hydrogen (secondary N) is 1. The van der Waals surface area contributed by atoms with Crippen LogP contribution < -0.4 is 15.0 Å². The summed E-state index contributed by atoms with van der Waals surface area (Å²) in [6.45, 7) is 0.900. The molecule has 0 aromatic heterocycles. The molecule has 1 N–H and O–H groups in total. The first-order chi connectivity index (χ1) is 7.96. The van der Waals surface area contributed by atoms with E-state index in [4.69, 9.17) is 0 Å². The Hall–Kier alpha value is -1.92. The maximum Gasteiger partial charge on any atom is 0.573 e. The number of hydrogen-bond donors (Lipinski definition) is 1. The van der Waals surface area contributed by atoms with E-state index in [9.17, 15) is 18.0 Å². The average molecular weight is 246 g/mol. The van der Waals surface area contributed by atoms with E-state index >= 15 is 0 Å². The number of ether oxygens (including phenoxy) is 1. The highest BCUT2D eigenvalue weighted by Crippen LogP contribution is 2.27. The number of carbonyl (C=O) groups is 1. The Morgan fingerprint density at radius 3 is 2.71 bits per heavy atom. The molecular weight excluding hydrogens is 237 g/mol. The molecule has 0 unspecified atom stereocenters. The molecule has 0 saturated carbocycles. The van der Waals surface area contributed by atoms with Crippen molar-refractivity contribution >= 4 is 11.7 Å². The smallest absolute Gasteiger partial charge is 0.406 e. The van der Waals surface area contributed by atoms with Gasteiger partial charge in [0.25, 0.3) is 0 Å². The average Bonchev–Trinajstić information content (AvgIpc) is 2.62. The Labute approximate surface area is 95.0 Å². The van der Waals surface area contributed by atoms with Gasteiger partial charge in [-0.3, -0.25) is 4.90 Å². The van der Waals surface area contributed by atoms with Crippen molar-refractivity contribution in [1.82, 2.24) is 5.32 Å². The highest BCUT2D eigenvalue weighted by molar-refractivity contribution is 5.94. The van der Waals surface area contributed by atoms with Crippen molar-refractivity contribution in [2.75, 3.05) is 18.0 Å². The molecule has 1 aliphatic heterocycles. The van der Waals surface area contributed by atoms with Crippen LogP contribution in [0.3, 0.4) is 0 Å². The first-order valence-corrected chi connectivity index (χ1v) is 4.87. The Kier molecular flexibility index (Phi) is 2.83. The second-order valence-corrected chi connectivity index (χ2v) is 3.43. The third kappa shape index (κ3) is 2.80. The van der Waals surface area contributed by atoms with Gasteiger partial charge in [-0.05, 0) is 12.1 Å². The fourth-order valence-electron chi connectivity index (χ4n) is 1.57. The van der Waals surface area contributed by atoms with Crippen LogP contribution in [-0.2, 0) is 0 Å². The Bertz CT molecular complexity index is 434. The highest BCUT2D eigenvalue weighted by atomic mass is 19.4. The van der Waals surface area contributed by atoms with Gasteiger partial charge in [-0.25, -0.2) is 4.79 Å². The molecule has 1 aliphatic rings. The number of hydrogen-bond acceptors (Lipinski definition) is 2. The second-order valence-electron chi connectivity index (χ2n) is 3.43. The quantitative estimate of drug-likeness (QED) is 0.868. The number of amides is 2. The summed E-state index contributed by atoms with van der Waals surface area (Å²) >= 11 is 0. The predicted molar refractivity (Wildman–Crippen MR) is 53.9 cm³/mol. The lowest BCUT2D eigenvalue weighted by Gasteiger charge is -2.16.